The van der Waals surface area contributed by atoms with E-state index in [0.717, 1.165) is 5.56 Å². The van der Waals surface area contributed by atoms with Crippen LogP contribution in [0.3, 0.4) is 0 Å². The minimum absolute atomic E-state index is 0.0170. The van der Waals surface area contributed by atoms with Crippen LogP contribution in [0.5, 0.6) is 5.75 Å². The number of nitrogens with zero attached hydrogens (tertiary/aromatic N) is 1. The predicted molar refractivity (Wildman–Crippen MR) is 73.2 cm³/mol. The molecule has 0 saturated heterocycles. The Labute approximate surface area is 116 Å². The Bertz CT molecular complexity index is 584. The lowest BCUT2D eigenvalue weighted by Crippen LogP contribution is -2.27. The Morgan fingerprint density at radius 2 is 2.00 bits per heavy atom. The number of pyridine rings is 1. The quantitative estimate of drug-likeness (QED) is 0.906. The van der Waals surface area contributed by atoms with Gasteiger partial charge in [-0.3, -0.25) is 4.79 Å². The van der Waals surface area contributed by atoms with Gasteiger partial charge in [-0.2, -0.15) is 0 Å². The average Bonchev–Trinajstić information content (AvgIpc) is 2.39. The van der Waals surface area contributed by atoms with Crippen LogP contribution in [0, 0.1) is 0 Å². The van der Waals surface area contributed by atoms with Crippen molar-refractivity contribution in [1.29, 1.82) is 0 Å². The second-order valence-electron chi connectivity index (χ2n) is 4.12. The zero-order chi connectivity index (χ0) is 13.8. The Kier molecular flexibility index (Phi) is 4.02. The molecular formula is C14H13ClN2O2. The second-order valence-corrected chi connectivity index (χ2v) is 4.55. The van der Waals surface area contributed by atoms with E-state index >= 15 is 0 Å². The molecule has 1 unspecified atom stereocenters. The van der Waals surface area contributed by atoms with Gasteiger partial charge in [0.2, 0.25) is 0 Å². The highest BCUT2D eigenvalue weighted by molar-refractivity contribution is 6.30. The van der Waals surface area contributed by atoms with Crippen molar-refractivity contribution in [3.8, 4) is 5.75 Å². The Morgan fingerprint density at radius 1 is 1.32 bits per heavy atom. The molecule has 1 aromatic carbocycles. The fraction of sp³-hybridized carbons (Fsp3) is 0.143. The molecule has 5 heteroatoms. The smallest absolute Gasteiger partial charge is 0.274 e. The van der Waals surface area contributed by atoms with Gasteiger partial charge in [0.1, 0.15) is 5.75 Å². The first kappa shape index (κ1) is 13.4. The summed E-state index contributed by atoms with van der Waals surface area (Å²) in [6.45, 7) is 1.85. The van der Waals surface area contributed by atoms with Crippen molar-refractivity contribution in [3.63, 3.8) is 0 Å². The van der Waals surface area contributed by atoms with Gasteiger partial charge in [-0.1, -0.05) is 23.7 Å². The van der Waals surface area contributed by atoms with Crippen molar-refractivity contribution in [2.75, 3.05) is 0 Å². The third kappa shape index (κ3) is 3.23. The summed E-state index contributed by atoms with van der Waals surface area (Å²) in [6.07, 6.45) is 1.46. The lowest BCUT2D eigenvalue weighted by Gasteiger charge is -2.14. The summed E-state index contributed by atoms with van der Waals surface area (Å²) >= 11 is 5.81. The monoisotopic (exact) mass is 276 g/mol. The van der Waals surface area contributed by atoms with Gasteiger partial charge < -0.3 is 10.4 Å². The molecule has 2 N–H and O–H groups in total. The maximum absolute atomic E-state index is 12.0. The molecule has 0 aliphatic carbocycles. The molecule has 98 valence electrons. The summed E-state index contributed by atoms with van der Waals surface area (Å²) in [5.74, 6) is -0.552. The summed E-state index contributed by atoms with van der Waals surface area (Å²) in [5, 5.41) is 13.0. The lowest BCUT2D eigenvalue weighted by atomic mass is 10.1. The van der Waals surface area contributed by atoms with Crippen molar-refractivity contribution in [2.24, 2.45) is 0 Å². The normalized spacial score (nSPS) is 11.9. The van der Waals surface area contributed by atoms with Crippen molar-refractivity contribution >= 4 is 17.5 Å². The first-order valence-corrected chi connectivity index (χ1v) is 6.16. The van der Waals surface area contributed by atoms with Gasteiger partial charge in [-0.05, 0) is 36.8 Å². The molecule has 1 aromatic heterocycles. The fourth-order valence-corrected chi connectivity index (χ4v) is 1.80. The molecule has 1 atom stereocenters. The predicted octanol–water partition coefficient (Wildman–Crippen LogP) is 2.93. The van der Waals surface area contributed by atoms with Gasteiger partial charge in [0.25, 0.3) is 5.91 Å². The topological polar surface area (TPSA) is 62.2 Å². The van der Waals surface area contributed by atoms with E-state index in [2.05, 4.69) is 10.3 Å². The molecule has 19 heavy (non-hydrogen) atoms. The maximum Gasteiger partial charge on any atom is 0.274 e. The van der Waals surface area contributed by atoms with E-state index in [0.29, 0.717) is 5.02 Å². The number of nitrogens with one attached hydrogen (secondary N) is 1. The molecule has 0 aliphatic rings. The average molecular weight is 277 g/mol. The second kappa shape index (κ2) is 5.71. The molecular weight excluding hydrogens is 264 g/mol. The van der Waals surface area contributed by atoms with Crippen molar-refractivity contribution < 1.29 is 9.90 Å². The van der Waals surface area contributed by atoms with E-state index in [9.17, 15) is 9.90 Å². The number of rotatable bonds is 3. The molecule has 0 aliphatic heterocycles. The number of aromatic nitrogens is 1. The standard InChI is InChI=1S/C14H13ClN2O2/c1-9(10-4-6-11(15)7-5-10)17-14(19)13-12(18)3-2-8-16-13/h2-9,18H,1H3,(H,17,19). The SMILES string of the molecule is CC(NC(=O)c1ncccc1O)c1ccc(Cl)cc1. The molecule has 0 bridgehead atoms. The van der Waals surface area contributed by atoms with Crippen LogP contribution in [0.15, 0.2) is 42.6 Å². The van der Waals surface area contributed by atoms with E-state index < -0.39 is 5.91 Å². The Morgan fingerprint density at radius 3 is 2.63 bits per heavy atom. The van der Waals surface area contributed by atoms with E-state index in [4.69, 9.17) is 11.6 Å². The number of amides is 1. The number of benzene rings is 1. The summed E-state index contributed by atoms with van der Waals surface area (Å²) in [6, 6.07) is 9.99. The molecule has 2 rings (SSSR count). The van der Waals surface area contributed by atoms with Gasteiger partial charge >= 0.3 is 0 Å². The van der Waals surface area contributed by atoms with Gasteiger partial charge in [0, 0.05) is 11.2 Å². The zero-order valence-corrected chi connectivity index (χ0v) is 11.1. The van der Waals surface area contributed by atoms with Crippen LogP contribution in [0.1, 0.15) is 29.0 Å². The first-order chi connectivity index (χ1) is 9.08. The third-order valence-corrected chi connectivity index (χ3v) is 2.97. The highest BCUT2D eigenvalue weighted by atomic mass is 35.5. The van der Waals surface area contributed by atoms with Crippen LogP contribution in [0.2, 0.25) is 5.02 Å². The van der Waals surface area contributed by atoms with Gasteiger partial charge in [0.05, 0.1) is 6.04 Å². The molecule has 1 heterocycles. The third-order valence-electron chi connectivity index (χ3n) is 2.72. The summed E-state index contributed by atoms with van der Waals surface area (Å²) in [7, 11) is 0. The van der Waals surface area contributed by atoms with E-state index in [-0.39, 0.29) is 17.5 Å². The summed E-state index contributed by atoms with van der Waals surface area (Å²) in [5.41, 5.74) is 0.941. The fourth-order valence-electron chi connectivity index (χ4n) is 1.67. The van der Waals surface area contributed by atoms with Crippen molar-refractivity contribution in [1.82, 2.24) is 10.3 Å². The molecule has 0 saturated carbocycles. The van der Waals surface area contributed by atoms with Crippen LogP contribution >= 0.6 is 11.6 Å². The van der Waals surface area contributed by atoms with Crippen LogP contribution in [0.4, 0.5) is 0 Å². The first-order valence-electron chi connectivity index (χ1n) is 5.78. The van der Waals surface area contributed by atoms with Gasteiger partial charge in [0.15, 0.2) is 5.69 Å². The molecule has 1 amide bonds. The van der Waals surface area contributed by atoms with Crippen LogP contribution < -0.4 is 5.32 Å². The molecule has 0 spiro atoms. The summed E-state index contributed by atoms with van der Waals surface area (Å²) < 4.78 is 0. The largest absolute Gasteiger partial charge is 0.505 e. The van der Waals surface area contributed by atoms with E-state index in [1.807, 2.05) is 19.1 Å². The Balaban J connectivity index is 2.11. The van der Waals surface area contributed by atoms with Crippen molar-refractivity contribution in [2.45, 2.75) is 13.0 Å². The van der Waals surface area contributed by atoms with E-state index in [1.165, 1.54) is 12.3 Å². The van der Waals surface area contributed by atoms with Crippen molar-refractivity contribution in [3.05, 3.63) is 58.9 Å². The number of halogens is 1. The Hall–Kier alpha value is -2.07. The maximum atomic E-state index is 12.0. The number of hydrogen-bond acceptors (Lipinski definition) is 3. The van der Waals surface area contributed by atoms with Crippen LogP contribution in [0.25, 0.3) is 0 Å². The molecule has 0 radical (unpaired) electrons. The number of carbonyl (C=O) groups excluding carboxylic acids is 1. The van der Waals surface area contributed by atoms with E-state index in [1.54, 1.807) is 18.2 Å². The number of hydrogen-bond donors (Lipinski definition) is 2. The summed E-state index contributed by atoms with van der Waals surface area (Å²) in [4.78, 5) is 15.8. The van der Waals surface area contributed by atoms with Crippen LogP contribution in [-0.2, 0) is 0 Å². The van der Waals surface area contributed by atoms with Gasteiger partial charge in [-0.25, -0.2) is 4.98 Å². The lowest BCUT2D eigenvalue weighted by molar-refractivity contribution is 0.0932. The zero-order valence-electron chi connectivity index (χ0n) is 10.3. The molecule has 4 nitrogen and oxygen atoms in total. The van der Waals surface area contributed by atoms with Crippen LogP contribution in [-0.4, -0.2) is 16.0 Å². The minimum Gasteiger partial charge on any atom is -0.505 e. The van der Waals surface area contributed by atoms with Gasteiger partial charge in [-0.15, -0.1) is 0 Å². The molecule has 2 aromatic rings. The highest BCUT2D eigenvalue weighted by Crippen LogP contribution is 2.18. The number of aromatic hydroxyl groups is 1. The minimum atomic E-state index is -0.416. The number of carbonyl (C=O) groups is 1. The molecule has 0 fully saturated rings. The highest BCUT2D eigenvalue weighted by Gasteiger charge is 2.15.